The van der Waals surface area contributed by atoms with Gasteiger partial charge in [0.1, 0.15) is 0 Å². The fraction of sp³-hybridized carbons (Fsp3) is 1.00. The minimum Gasteiger partial charge on any atom is -0.254 e. The summed E-state index contributed by atoms with van der Waals surface area (Å²) in [6.07, 6.45) is 0. The van der Waals surface area contributed by atoms with Crippen molar-refractivity contribution in [1.82, 2.24) is 9.80 Å². The van der Waals surface area contributed by atoms with Crippen LogP contribution in [0.4, 0.5) is 13.2 Å². The second-order valence-electron chi connectivity index (χ2n) is 3.30. The first-order valence-electron chi connectivity index (χ1n) is 3.90. The number of hydrogen-bond donors (Lipinski definition) is 0. The number of nitrogens with zero attached hydrogens (tertiary/aromatic N) is 2. The topological polar surface area (TPSA) is 49.9 Å². The van der Waals surface area contributed by atoms with Gasteiger partial charge in [-0.15, -0.1) is 0 Å². The SMILES string of the molecule is CN(C)C(Cl)(OS(=O)(=O)C(F)(F)F)N(C)C. The van der Waals surface area contributed by atoms with Crippen LogP contribution < -0.4 is 0 Å². The molecule has 0 bridgehead atoms. The van der Waals surface area contributed by atoms with Crippen molar-refractivity contribution in [3.05, 3.63) is 0 Å². The fourth-order valence-electron chi connectivity index (χ4n) is 0.736. The highest BCUT2D eigenvalue weighted by Gasteiger charge is 2.53. The summed E-state index contributed by atoms with van der Waals surface area (Å²) in [5.74, 6) is 0. The van der Waals surface area contributed by atoms with Crippen LogP contribution >= 0.6 is 11.6 Å². The van der Waals surface area contributed by atoms with Crippen LogP contribution in [0.25, 0.3) is 0 Å². The van der Waals surface area contributed by atoms with Crippen molar-refractivity contribution in [2.75, 3.05) is 28.2 Å². The predicted octanol–water partition coefficient (Wildman–Crippen LogP) is 0.826. The number of hydrogen-bond acceptors (Lipinski definition) is 5. The van der Waals surface area contributed by atoms with Crippen LogP contribution in [0, 0.1) is 0 Å². The summed E-state index contributed by atoms with van der Waals surface area (Å²) < 4.78 is 61.8. The highest BCUT2D eigenvalue weighted by Crippen LogP contribution is 2.32. The van der Waals surface area contributed by atoms with Gasteiger partial charge >= 0.3 is 15.6 Å². The van der Waals surface area contributed by atoms with Crippen molar-refractivity contribution in [3.8, 4) is 0 Å². The summed E-state index contributed by atoms with van der Waals surface area (Å²) >= 11 is 5.65. The minimum absolute atomic E-state index is 0.984. The zero-order valence-corrected chi connectivity index (χ0v) is 10.6. The monoisotopic (exact) mass is 284 g/mol. The van der Waals surface area contributed by atoms with E-state index < -0.39 is 20.9 Å². The smallest absolute Gasteiger partial charge is 0.254 e. The van der Waals surface area contributed by atoms with E-state index in [2.05, 4.69) is 4.18 Å². The van der Waals surface area contributed by atoms with Gasteiger partial charge in [0.15, 0.2) is 0 Å². The van der Waals surface area contributed by atoms with E-state index in [1.165, 1.54) is 28.2 Å². The lowest BCUT2D eigenvalue weighted by Gasteiger charge is -2.37. The molecule has 0 atom stereocenters. The van der Waals surface area contributed by atoms with Crippen molar-refractivity contribution < 1.29 is 25.8 Å². The molecule has 0 unspecified atom stereocenters. The van der Waals surface area contributed by atoms with Gasteiger partial charge in [-0.3, -0.25) is 9.80 Å². The average Bonchev–Trinajstić information content (AvgIpc) is 2.00. The molecule has 10 heteroatoms. The second-order valence-corrected chi connectivity index (χ2v) is 5.33. The molecule has 98 valence electrons. The van der Waals surface area contributed by atoms with Gasteiger partial charge in [0.2, 0.25) is 0 Å². The molecule has 0 radical (unpaired) electrons. The zero-order valence-electron chi connectivity index (χ0n) is 9.04. The molecule has 0 aromatic heterocycles. The Morgan fingerprint density at radius 2 is 1.38 bits per heavy atom. The van der Waals surface area contributed by atoms with Crippen molar-refractivity contribution >= 4 is 21.7 Å². The number of rotatable bonds is 4. The Kier molecular flexibility index (Phi) is 4.62. The average molecular weight is 285 g/mol. The van der Waals surface area contributed by atoms with Crippen LogP contribution in [0.2, 0.25) is 0 Å². The van der Waals surface area contributed by atoms with E-state index in [9.17, 15) is 21.6 Å². The van der Waals surface area contributed by atoms with Gasteiger partial charge in [-0.05, 0) is 28.2 Å². The lowest BCUT2D eigenvalue weighted by molar-refractivity contribution is -0.110. The molecule has 16 heavy (non-hydrogen) atoms. The molecule has 0 aliphatic carbocycles. The van der Waals surface area contributed by atoms with E-state index in [4.69, 9.17) is 11.6 Å². The first kappa shape index (κ1) is 15.9. The van der Waals surface area contributed by atoms with E-state index in [1.807, 2.05) is 0 Å². The van der Waals surface area contributed by atoms with Crippen molar-refractivity contribution in [2.45, 2.75) is 10.8 Å². The molecule has 0 spiro atoms. The Morgan fingerprint density at radius 1 is 1.06 bits per heavy atom. The first-order valence-corrected chi connectivity index (χ1v) is 5.69. The molecule has 0 saturated heterocycles. The quantitative estimate of drug-likeness (QED) is 0.252. The highest BCUT2D eigenvalue weighted by atomic mass is 35.5. The van der Waals surface area contributed by atoms with Crippen LogP contribution in [0.3, 0.4) is 0 Å². The fourth-order valence-corrected chi connectivity index (χ4v) is 1.66. The molecule has 0 aliphatic heterocycles. The summed E-state index contributed by atoms with van der Waals surface area (Å²) in [6.45, 7) is 0. The lowest BCUT2D eigenvalue weighted by Crippen LogP contribution is -2.55. The largest absolute Gasteiger partial charge is 0.523 e. The maximum absolute atomic E-state index is 12.1. The molecule has 0 aliphatic rings. The van der Waals surface area contributed by atoms with Crippen molar-refractivity contribution in [3.63, 3.8) is 0 Å². The van der Waals surface area contributed by atoms with Crippen LogP contribution in [0.15, 0.2) is 0 Å². The first-order chi connectivity index (χ1) is 6.84. The Morgan fingerprint density at radius 3 is 1.56 bits per heavy atom. The van der Waals surface area contributed by atoms with Gasteiger partial charge < -0.3 is 0 Å². The van der Waals surface area contributed by atoms with Gasteiger partial charge in [0.25, 0.3) is 5.31 Å². The predicted molar refractivity (Wildman–Crippen MR) is 52.0 cm³/mol. The maximum atomic E-state index is 12.1. The van der Waals surface area contributed by atoms with E-state index >= 15 is 0 Å². The Hall–Kier alpha value is -0.0900. The van der Waals surface area contributed by atoms with Gasteiger partial charge in [0, 0.05) is 0 Å². The molecule has 0 aromatic rings. The number of halogens is 4. The third-order valence-electron chi connectivity index (χ3n) is 1.60. The van der Waals surface area contributed by atoms with Crippen LogP contribution in [0.1, 0.15) is 0 Å². The molecular formula is C6H12ClF3N2O3S. The maximum Gasteiger partial charge on any atom is 0.523 e. The normalized spacial score (nSPS) is 14.9. The van der Waals surface area contributed by atoms with Crippen molar-refractivity contribution in [2.24, 2.45) is 0 Å². The van der Waals surface area contributed by atoms with Crippen LogP contribution in [-0.4, -0.2) is 57.2 Å². The van der Waals surface area contributed by atoms with E-state index in [1.54, 1.807) is 0 Å². The van der Waals surface area contributed by atoms with Gasteiger partial charge in [0.05, 0.1) is 0 Å². The lowest BCUT2D eigenvalue weighted by atomic mass is 10.7. The zero-order chi connectivity index (χ0) is 13.4. The molecule has 0 rings (SSSR count). The summed E-state index contributed by atoms with van der Waals surface area (Å²) in [5, 5.41) is -2.23. The highest BCUT2D eigenvalue weighted by molar-refractivity contribution is 7.87. The standard InChI is InChI=1S/C6H12ClF3N2O3S/c1-11(2)5(7,12(3)4)15-16(13,14)6(8,9)10/h1-4H3. The molecule has 0 amide bonds. The second kappa shape index (κ2) is 4.65. The van der Waals surface area contributed by atoms with Gasteiger partial charge in [-0.25, -0.2) is 4.18 Å². The third kappa shape index (κ3) is 3.20. The summed E-state index contributed by atoms with van der Waals surface area (Å²) in [5.41, 5.74) is -5.51. The molecule has 0 saturated carbocycles. The molecule has 0 aromatic carbocycles. The molecule has 5 nitrogen and oxygen atoms in total. The Bertz CT molecular complexity index is 333. The molecule has 0 fully saturated rings. The minimum atomic E-state index is -5.76. The van der Waals surface area contributed by atoms with Crippen LogP contribution in [-0.2, 0) is 14.3 Å². The summed E-state index contributed by atoms with van der Waals surface area (Å²) in [4.78, 5) is 1.97. The summed E-state index contributed by atoms with van der Waals surface area (Å²) in [7, 11) is -0.654. The van der Waals surface area contributed by atoms with E-state index in [0.29, 0.717) is 0 Å². The van der Waals surface area contributed by atoms with E-state index in [-0.39, 0.29) is 0 Å². The van der Waals surface area contributed by atoms with Crippen molar-refractivity contribution in [1.29, 1.82) is 0 Å². The molecule has 0 heterocycles. The van der Waals surface area contributed by atoms with E-state index in [0.717, 1.165) is 9.80 Å². The molecular weight excluding hydrogens is 273 g/mol. The van der Waals surface area contributed by atoms with Crippen LogP contribution in [0.5, 0.6) is 0 Å². The Balaban J connectivity index is 5.23. The Labute approximate surface area is 96.8 Å². The van der Waals surface area contributed by atoms with Gasteiger partial charge in [-0.2, -0.15) is 21.6 Å². The number of alkyl halides is 4. The van der Waals surface area contributed by atoms with Gasteiger partial charge in [-0.1, -0.05) is 11.6 Å². The molecule has 0 N–H and O–H groups in total. The third-order valence-corrected chi connectivity index (χ3v) is 3.47. The summed E-state index contributed by atoms with van der Waals surface area (Å²) in [6, 6.07) is 0.